The number of carbonyl (C=O) groups is 2. The summed E-state index contributed by atoms with van der Waals surface area (Å²) in [6.07, 6.45) is 5.84. The van der Waals surface area contributed by atoms with Gasteiger partial charge in [0.15, 0.2) is 34.6 Å². The van der Waals surface area contributed by atoms with E-state index >= 15 is 0 Å². The maximum absolute atomic E-state index is 13.1. The van der Waals surface area contributed by atoms with E-state index in [9.17, 15) is 19.8 Å². The molecule has 0 heterocycles. The monoisotopic (exact) mass is 444 g/mol. The predicted octanol–water partition coefficient (Wildman–Crippen LogP) is 4.76. The molecule has 33 heavy (non-hydrogen) atoms. The number of allylic oxidation sites excluding steroid dienone is 2. The van der Waals surface area contributed by atoms with Crippen molar-refractivity contribution >= 4 is 23.7 Å². The van der Waals surface area contributed by atoms with E-state index in [1.807, 2.05) is 6.07 Å². The Morgan fingerprint density at radius 1 is 0.727 bits per heavy atom. The predicted molar refractivity (Wildman–Crippen MR) is 127 cm³/mol. The molecule has 0 saturated carbocycles. The number of carbonyl (C=O) groups excluding carboxylic acids is 2. The van der Waals surface area contributed by atoms with Gasteiger partial charge in [0.05, 0.1) is 14.2 Å². The summed E-state index contributed by atoms with van der Waals surface area (Å²) in [7, 11) is 2.88. The first-order valence-electron chi connectivity index (χ1n) is 10.2. The number of benzene rings is 3. The molecule has 0 radical (unpaired) electrons. The highest BCUT2D eigenvalue weighted by Crippen LogP contribution is 2.28. The molecule has 0 aliphatic heterocycles. The van der Waals surface area contributed by atoms with Crippen molar-refractivity contribution in [2.45, 2.75) is 5.92 Å². The minimum absolute atomic E-state index is 0.00526. The van der Waals surface area contributed by atoms with Crippen molar-refractivity contribution in [2.24, 2.45) is 0 Å². The molecule has 0 amide bonds. The second kappa shape index (κ2) is 10.8. The lowest BCUT2D eigenvalue weighted by atomic mass is 9.89. The fourth-order valence-electron chi connectivity index (χ4n) is 3.26. The van der Waals surface area contributed by atoms with E-state index in [0.717, 1.165) is 0 Å². The highest BCUT2D eigenvalue weighted by Gasteiger charge is 2.24. The van der Waals surface area contributed by atoms with Crippen LogP contribution in [-0.4, -0.2) is 36.0 Å². The second-order valence-electron chi connectivity index (χ2n) is 7.18. The minimum Gasteiger partial charge on any atom is -0.504 e. The van der Waals surface area contributed by atoms with Crippen LogP contribution in [0.5, 0.6) is 23.0 Å². The largest absolute Gasteiger partial charge is 0.504 e. The van der Waals surface area contributed by atoms with Crippen molar-refractivity contribution in [3.8, 4) is 23.0 Å². The van der Waals surface area contributed by atoms with Crippen LogP contribution in [0.25, 0.3) is 12.2 Å². The molecular weight excluding hydrogens is 420 g/mol. The molecule has 6 nitrogen and oxygen atoms in total. The maximum Gasteiger partial charge on any atom is 0.170 e. The summed E-state index contributed by atoms with van der Waals surface area (Å²) in [5, 5.41) is 19.5. The first-order chi connectivity index (χ1) is 15.9. The number of ether oxygens (including phenoxy) is 2. The number of hydrogen-bond donors (Lipinski definition) is 2. The fourth-order valence-corrected chi connectivity index (χ4v) is 3.26. The smallest absolute Gasteiger partial charge is 0.170 e. The number of ketones is 2. The van der Waals surface area contributed by atoms with Crippen LogP contribution in [-0.2, 0) is 9.59 Å². The van der Waals surface area contributed by atoms with Gasteiger partial charge >= 0.3 is 0 Å². The van der Waals surface area contributed by atoms with Crippen molar-refractivity contribution in [3.05, 3.63) is 95.6 Å². The molecule has 3 aromatic rings. The van der Waals surface area contributed by atoms with Gasteiger partial charge in [-0.3, -0.25) is 9.59 Å². The summed E-state index contributed by atoms with van der Waals surface area (Å²) < 4.78 is 10.2. The Balaban J connectivity index is 1.87. The van der Waals surface area contributed by atoms with Gasteiger partial charge in [-0.05, 0) is 53.1 Å². The molecule has 0 atom stereocenters. The molecule has 0 unspecified atom stereocenters. The Kier molecular flexibility index (Phi) is 7.65. The zero-order chi connectivity index (χ0) is 23.8. The van der Waals surface area contributed by atoms with Gasteiger partial charge in [0.2, 0.25) is 0 Å². The summed E-state index contributed by atoms with van der Waals surface area (Å²) in [5.74, 6) is -1.22. The van der Waals surface area contributed by atoms with Crippen molar-refractivity contribution in [3.63, 3.8) is 0 Å². The maximum atomic E-state index is 13.1. The van der Waals surface area contributed by atoms with Crippen molar-refractivity contribution in [2.75, 3.05) is 14.2 Å². The van der Waals surface area contributed by atoms with Gasteiger partial charge in [0, 0.05) is 0 Å². The lowest BCUT2D eigenvalue weighted by molar-refractivity contribution is -0.124. The van der Waals surface area contributed by atoms with Crippen LogP contribution < -0.4 is 9.47 Å². The average Bonchev–Trinajstić information content (AvgIpc) is 2.83. The first-order valence-corrected chi connectivity index (χ1v) is 10.2. The standard InChI is InChI=1S/C27H24O6/c1-32-25-16-18(8-12-21(25)28)10-14-23(30)27(20-6-4-3-5-7-20)24(31)15-11-19-9-13-22(29)26(17-19)33-2/h3-17,27-29H,1-2H3/b14-10+,15-11+. The number of aromatic hydroxyl groups is 2. The molecule has 3 rings (SSSR count). The van der Waals surface area contributed by atoms with Crippen LogP contribution >= 0.6 is 0 Å². The highest BCUT2D eigenvalue weighted by molar-refractivity contribution is 6.17. The molecule has 6 heteroatoms. The molecule has 0 aliphatic carbocycles. The first kappa shape index (κ1) is 23.3. The van der Waals surface area contributed by atoms with E-state index < -0.39 is 5.92 Å². The Morgan fingerprint density at radius 3 is 1.61 bits per heavy atom. The molecule has 0 saturated heterocycles. The highest BCUT2D eigenvalue weighted by atomic mass is 16.5. The number of rotatable bonds is 9. The van der Waals surface area contributed by atoms with Crippen molar-refractivity contribution < 1.29 is 29.3 Å². The normalized spacial score (nSPS) is 11.2. The van der Waals surface area contributed by atoms with E-state index in [-0.39, 0.29) is 34.6 Å². The van der Waals surface area contributed by atoms with Crippen LogP contribution in [0.2, 0.25) is 0 Å². The molecule has 0 bridgehead atoms. The molecule has 168 valence electrons. The van der Waals surface area contributed by atoms with Crippen LogP contribution in [0.4, 0.5) is 0 Å². The third-order valence-electron chi connectivity index (χ3n) is 4.99. The summed E-state index contributed by atoms with van der Waals surface area (Å²) in [6, 6.07) is 18.2. The van der Waals surface area contributed by atoms with E-state index in [2.05, 4.69) is 0 Å². The quantitative estimate of drug-likeness (QED) is 0.365. The SMILES string of the molecule is COc1cc(/C=C/C(=O)C(C(=O)/C=C/c2ccc(O)c(OC)c2)c2ccccc2)ccc1O. The fraction of sp³-hybridized carbons (Fsp3) is 0.111. The van der Waals surface area contributed by atoms with Gasteiger partial charge in [-0.1, -0.05) is 54.6 Å². The average molecular weight is 444 g/mol. The summed E-state index contributed by atoms with van der Waals surface area (Å²) in [6.45, 7) is 0. The molecule has 0 aromatic heterocycles. The van der Waals surface area contributed by atoms with E-state index in [1.165, 1.54) is 38.5 Å². The van der Waals surface area contributed by atoms with Crippen LogP contribution in [0.15, 0.2) is 78.9 Å². The Bertz CT molecular complexity index is 1120. The lowest BCUT2D eigenvalue weighted by Gasteiger charge is -2.11. The minimum atomic E-state index is -1.02. The Labute approximate surface area is 192 Å². The van der Waals surface area contributed by atoms with E-state index in [4.69, 9.17) is 9.47 Å². The third-order valence-corrected chi connectivity index (χ3v) is 4.99. The Hall–Kier alpha value is -4.32. The third kappa shape index (κ3) is 5.89. The second-order valence-corrected chi connectivity index (χ2v) is 7.18. The summed E-state index contributed by atoms with van der Waals surface area (Å²) in [5.41, 5.74) is 1.86. The summed E-state index contributed by atoms with van der Waals surface area (Å²) in [4.78, 5) is 26.1. The zero-order valence-corrected chi connectivity index (χ0v) is 18.3. The number of phenols is 2. The zero-order valence-electron chi connectivity index (χ0n) is 18.3. The van der Waals surface area contributed by atoms with E-state index in [0.29, 0.717) is 16.7 Å². The lowest BCUT2D eigenvalue weighted by Crippen LogP contribution is -2.18. The van der Waals surface area contributed by atoms with Gasteiger partial charge < -0.3 is 19.7 Å². The van der Waals surface area contributed by atoms with E-state index in [1.54, 1.807) is 60.7 Å². The Morgan fingerprint density at radius 2 is 1.18 bits per heavy atom. The van der Waals surface area contributed by atoms with Crippen LogP contribution in [0, 0.1) is 0 Å². The van der Waals surface area contributed by atoms with Crippen LogP contribution in [0.3, 0.4) is 0 Å². The van der Waals surface area contributed by atoms with Gasteiger partial charge in [-0.15, -0.1) is 0 Å². The molecule has 0 spiro atoms. The van der Waals surface area contributed by atoms with Gasteiger partial charge in [-0.2, -0.15) is 0 Å². The number of methoxy groups -OCH3 is 2. The molecule has 3 aromatic carbocycles. The van der Waals surface area contributed by atoms with Gasteiger partial charge in [-0.25, -0.2) is 0 Å². The molecular formula is C27H24O6. The van der Waals surface area contributed by atoms with Gasteiger partial charge in [0.25, 0.3) is 0 Å². The van der Waals surface area contributed by atoms with Crippen molar-refractivity contribution in [1.29, 1.82) is 0 Å². The van der Waals surface area contributed by atoms with Crippen molar-refractivity contribution in [1.82, 2.24) is 0 Å². The molecule has 2 N–H and O–H groups in total. The van der Waals surface area contributed by atoms with Gasteiger partial charge in [0.1, 0.15) is 5.92 Å². The van der Waals surface area contributed by atoms with Crippen LogP contribution in [0.1, 0.15) is 22.6 Å². The molecule has 0 aliphatic rings. The molecule has 0 fully saturated rings. The topological polar surface area (TPSA) is 93.1 Å². The number of phenolic OH excluding ortho intramolecular Hbond substituents is 2. The summed E-state index contributed by atoms with van der Waals surface area (Å²) >= 11 is 0. The number of hydrogen-bond acceptors (Lipinski definition) is 6.